The number of hydrogen-bond donors (Lipinski definition) is 0. The molecule has 0 aliphatic heterocycles. The van der Waals surface area contributed by atoms with Crippen molar-refractivity contribution in [2.45, 2.75) is 6.18 Å². The molecule has 9 heteroatoms. The summed E-state index contributed by atoms with van der Waals surface area (Å²) >= 11 is 1.12. The van der Waals surface area contributed by atoms with E-state index in [2.05, 4.69) is 9.97 Å². The number of Topliss-reactive ketones (excluding diaryl/α,β-unsaturated/α-hetero) is 2. The van der Waals surface area contributed by atoms with Crippen LogP contribution in [-0.2, 0) is 6.18 Å². The number of aromatic nitrogens is 2. The summed E-state index contributed by atoms with van der Waals surface area (Å²) in [6.07, 6.45) is -3.00. The summed E-state index contributed by atoms with van der Waals surface area (Å²) in [6, 6.07) is 15.4. The van der Waals surface area contributed by atoms with Gasteiger partial charge in [0.15, 0.2) is 16.4 Å². The molecule has 1 aliphatic rings. The number of nitrogens with zero attached hydrogens (tertiary/aromatic N) is 2. The van der Waals surface area contributed by atoms with Crippen molar-refractivity contribution >= 4 is 50.3 Å². The van der Waals surface area contributed by atoms with Gasteiger partial charge in [0.2, 0.25) is 5.89 Å². The van der Waals surface area contributed by atoms with E-state index < -0.39 is 11.7 Å². The van der Waals surface area contributed by atoms with E-state index in [0.717, 1.165) is 34.2 Å². The van der Waals surface area contributed by atoms with Crippen molar-refractivity contribution in [3.05, 3.63) is 87.9 Å². The molecule has 0 amide bonds. The molecular weight excluding hydrogens is 465 g/mol. The number of halogens is 3. The maximum atomic E-state index is 12.9. The Morgan fingerprint density at radius 2 is 1.47 bits per heavy atom. The third kappa shape index (κ3) is 3.24. The summed E-state index contributed by atoms with van der Waals surface area (Å²) in [4.78, 5) is 34.8. The molecule has 2 aromatic heterocycles. The van der Waals surface area contributed by atoms with E-state index in [-0.39, 0.29) is 28.7 Å². The van der Waals surface area contributed by atoms with Crippen molar-refractivity contribution in [1.82, 2.24) is 9.97 Å². The standard InChI is InChI=1S/C25H11F3N2O3S/c26-25(27,28)15-7-5-12(6-8-15)22-30-24-23(33-22)29-19(34-24)11-18-20(31)16-9-13-3-1-2-4-14(13)10-17(16)21(18)32/h1-11H. The Hall–Kier alpha value is -4.11. The minimum atomic E-state index is -4.43. The van der Waals surface area contributed by atoms with Crippen LogP contribution in [0.4, 0.5) is 13.2 Å². The fourth-order valence-electron chi connectivity index (χ4n) is 3.91. The zero-order valence-electron chi connectivity index (χ0n) is 17.0. The first kappa shape index (κ1) is 20.5. The minimum absolute atomic E-state index is 0.0182. The Morgan fingerprint density at radius 3 is 2.03 bits per heavy atom. The fourth-order valence-corrected chi connectivity index (χ4v) is 4.71. The predicted molar refractivity (Wildman–Crippen MR) is 121 cm³/mol. The number of oxazole rings is 1. The lowest BCUT2D eigenvalue weighted by atomic mass is 10.0. The van der Waals surface area contributed by atoms with Crippen LogP contribution in [0, 0.1) is 0 Å². The third-order valence-corrected chi connectivity index (χ3v) is 6.46. The number of carbonyl (C=O) groups excluding carboxylic acids is 2. The number of alkyl halides is 3. The van der Waals surface area contributed by atoms with Crippen LogP contribution in [0.5, 0.6) is 0 Å². The topological polar surface area (TPSA) is 73.1 Å². The molecule has 0 unspecified atom stereocenters. The van der Waals surface area contributed by atoms with Crippen molar-refractivity contribution in [2.75, 3.05) is 0 Å². The fraction of sp³-hybridized carbons (Fsp3) is 0.0400. The summed E-state index contributed by atoms with van der Waals surface area (Å²) in [7, 11) is 0. The lowest BCUT2D eigenvalue weighted by Gasteiger charge is -2.05. The smallest absolute Gasteiger partial charge is 0.416 e. The van der Waals surface area contributed by atoms with Gasteiger partial charge in [-0.25, -0.2) is 0 Å². The van der Waals surface area contributed by atoms with E-state index in [1.54, 1.807) is 12.1 Å². The second kappa shape index (κ2) is 7.19. The molecule has 0 N–H and O–H groups in total. The van der Waals surface area contributed by atoms with Gasteiger partial charge in [-0.2, -0.15) is 23.1 Å². The van der Waals surface area contributed by atoms with Gasteiger partial charge in [0, 0.05) is 16.7 Å². The van der Waals surface area contributed by atoms with Crippen molar-refractivity contribution in [3.8, 4) is 11.5 Å². The Morgan fingerprint density at radius 1 is 0.853 bits per heavy atom. The molecular formula is C25H11F3N2O3S. The Balaban J connectivity index is 1.32. The number of allylic oxidation sites excluding steroid dienone is 1. The summed E-state index contributed by atoms with van der Waals surface area (Å²) in [5.41, 5.74) is 0.520. The quantitative estimate of drug-likeness (QED) is 0.212. The van der Waals surface area contributed by atoms with Crippen molar-refractivity contribution in [2.24, 2.45) is 0 Å². The Bertz CT molecular complexity index is 1590. The minimum Gasteiger partial charge on any atom is -0.417 e. The number of fused-ring (bicyclic) bond motifs is 3. The molecule has 34 heavy (non-hydrogen) atoms. The monoisotopic (exact) mass is 476 g/mol. The average Bonchev–Trinajstić information content (AvgIpc) is 3.45. The van der Waals surface area contributed by atoms with Gasteiger partial charge in [0.25, 0.3) is 5.71 Å². The van der Waals surface area contributed by atoms with Gasteiger partial charge < -0.3 is 4.42 Å². The zero-order chi connectivity index (χ0) is 23.6. The molecule has 0 fully saturated rings. The molecule has 2 heterocycles. The number of benzene rings is 3. The van der Waals surface area contributed by atoms with Crippen LogP contribution in [0.1, 0.15) is 31.3 Å². The Labute approximate surface area is 193 Å². The third-order valence-electron chi connectivity index (χ3n) is 5.58. The van der Waals surface area contributed by atoms with Crippen LogP contribution in [0.2, 0.25) is 0 Å². The second-order valence-corrected chi connectivity index (χ2v) is 8.73. The van der Waals surface area contributed by atoms with Crippen LogP contribution in [-0.4, -0.2) is 21.5 Å². The molecule has 0 saturated carbocycles. The van der Waals surface area contributed by atoms with Gasteiger partial charge >= 0.3 is 6.18 Å². The first-order valence-corrected chi connectivity index (χ1v) is 10.9. The highest BCUT2D eigenvalue weighted by atomic mass is 32.1. The van der Waals surface area contributed by atoms with Gasteiger partial charge in [-0.05, 0) is 53.2 Å². The normalized spacial score (nSPS) is 13.8. The summed E-state index contributed by atoms with van der Waals surface area (Å²) in [5.74, 6) is -0.597. The van der Waals surface area contributed by atoms with E-state index >= 15 is 0 Å². The highest BCUT2D eigenvalue weighted by Crippen LogP contribution is 2.35. The number of rotatable bonds is 2. The first-order valence-electron chi connectivity index (χ1n) is 10.1. The number of carbonyl (C=O) groups is 2. The second-order valence-electron chi connectivity index (χ2n) is 7.72. The summed E-state index contributed by atoms with van der Waals surface area (Å²) < 4.78 is 43.9. The summed E-state index contributed by atoms with van der Waals surface area (Å²) in [6.45, 7) is 0. The molecule has 0 spiro atoms. The van der Waals surface area contributed by atoms with E-state index in [1.165, 1.54) is 18.2 Å². The summed E-state index contributed by atoms with van der Waals surface area (Å²) in [5, 5.41) is 2.11. The van der Waals surface area contributed by atoms with Gasteiger partial charge in [-0.3, -0.25) is 9.59 Å². The maximum Gasteiger partial charge on any atom is 0.416 e. The lowest BCUT2D eigenvalue weighted by molar-refractivity contribution is -0.137. The molecule has 0 bridgehead atoms. The zero-order valence-corrected chi connectivity index (χ0v) is 17.8. The molecule has 0 saturated heterocycles. The van der Waals surface area contributed by atoms with Gasteiger partial charge in [0.1, 0.15) is 5.01 Å². The molecule has 0 atom stereocenters. The van der Waals surface area contributed by atoms with Crippen molar-refractivity contribution < 1.29 is 27.2 Å². The van der Waals surface area contributed by atoms with Gasteiger partial charge in [-0.1, -0.05) is 35.6 Å². The van der Waals surface area contributed by atoms with Crippen LogP contribution >= 0.6 is 11.3 Å². The maximum absolute atomic E-state index is 12.9. The molecule has 5 nitrogen and oxygen atoms in total. The molecule has 1 aliphatic carbocycles. The molecule has 5 aromatic rings. The molecule has 6 rings (SSSR count). The van der Waals surface area contributed by atoms with Crippen LogP contribution < -0.4 is 0 Å². The van der Waals surface area contributed by atoms with E-state index in [0.29, 0.717) is 26.5 Å². The van der Waals surface area contributed by atoms with Crippen molar-refractivity contribution in [3.63, 3.8) is 0 Å². The molecule has 166 valence electrons. The van der Waals surface area contributed by atoms with Crippen LogP contribution in [0.15, 0.2) is 70.7 Å². The predicted octanol–water partition coefficient (Wildman–Crippen LogP) is 6.59. The van der Waals surface area contributed by atoms with Crippen molar-refractivity contribution in [1.29, 1.82) is 0 Å². The SMILES string of the molecule is O=C1C(=Cc2nc3oc(-c4ccc(C(F)(F)F)cc4)nc3s2)C(=O)c2cc3ccccc3cc21. The average molecular weight is 476 g/mol. The highest BCUT2D eigenvalue weighted by molar-refractivity contribution is 7.18. The largest absolute Gasteiger partial charge is 0.417 e. The molecule has 0 radical (unpaired) electrons. The Kier molecular flexibility index (Phi) is 4.34. The van der Waals surface area contributed by atoms with E-state index in [1.807, 2.05) is 24.3 Å². The highest BCUT2D eigenvalue weighted by Gasteiger charge is 2.34. The first-order chi connectivity index (χ1) is 16.3. The number of hydrogen-bond acceptors (Lipinski definition) is 6. The van der Waals surface area contributed by atoms with E-state index in [9.17, 15) is 22.8 Å². The van der Waals surface area contributed by atoms with E-state index in [4.69, 9.17) is 4.42 Å². The number of thiazole rings is 1. The van der Waals surface area contributed by atoms with Gasteiger partial charge in [0.05, 0.1) is 11.1 Å². The van der Waals surface area contributed by atoms with Crippen LogP contribution in [0.25, 0.3) is 38.8 Å². The lowest BCUT2D eigenvalue weighted by Crippen LogP contribution is -2.03. The number of ketones is 2. The van der Waals surface area contributed by atoms with Gasteiger partial charge in [-0.15, -0.1) is 0 Å². The van der Waals surface area contributed by atoms with Crippen LogP contribution in [0.3, 0.4) is 0 Å². The molecule has 3 aromatic carbocycles.